The first-order chi connectivity index (χ1) is 11.2. The minimum absolute atomic E-state index is 0.0310. The average Bonchev–Trinajstić information content (AvgIpc) is 2.48. The zero-order chi connectivity index (χ0) is 18.2. The fourth-order valence-electron chi connectivity index (χ4n) is 1.74. The monoisotopic (exact) mass is 418 g/mol. The fourth-order valence-corrected chi connectivity index (χ4v) is 2.47. The van der Waals surface area contributed by atoms with E-state index in [1.54, 1.807) is 12.1 Å². The van der Waals surface area contributed by atoms with Crippen molar-refractivity contribution in [2.24, 2.45) is 5.41 Å². The minimum Gasteiger partial charge on any atom is -0.492 e. The van der Waals surface area contributed by atoms with Crippen molar-refractivity contribution in [3.8, 4) is 5.75 Å². The first kappa shape index (κ1) is 20.8. The summed E-state index contributed by atoms with van der Waals surface area (Å²) in [6.45, 7) is 6.79. The molecule has 0 aliphatic rings. The molecule has 0 fully saturated rings. The third-order valence-corrected chi connectivity index (χ3v) is 3.90. The highest BCUT2D eigenvalue weighted by Crippen LogP contribution is 2.27. The molecule has 0 aliphatic carbocycles. The highest BCUT2D eigenvalue weighted by atomic mass is 79.9. The number of rotatable bonds is 8. The van der Waals surface area contributed by atoms with Crippen LogP contribution in [0.5, 0.6) is 5.75 Å². The standard InChI is InChI=1S/C17H24BrClN2O3/c1-17(2,3)16(23)21-9-8-20-15(22)5-4-10-24-14-7-6-12(18)11-13(14)19/h6-7,11H,4-5,8-10H2,1-3H3,(H,20,22)(H,21,23). The summed E-state index contributed by atoms with van der Waals surface area (Å²) in [5, 5.41) is 6.08. The van der Waals surface area contributed by atoms with E-state index < -0.39 is 5.41 Å². The zero-order valence-electron chi connectivity index (χ0n) is 14.2. The molecule has 2 N–H and O–H groups in total. The molecule has 1 aromatic carbocycles. The van der Waals surface area contributed by atoms with Crippen LogP contribution in [0.3, 0.4) is 0 Å². The van der Waals surface area contributed by atoms with Gasteiger partial charge in [0.2, 0.25) is 11.8 Å². The van der Waals surface area contributed by atoms with E-state index in [-0.39, 0.29) is 11.8 Å². The SMILES string of the molecule is CC(C)(C)C(=O)NCCNC(=O)CCCOc1ccc(Br)cc1Cl. The molecule has 2 amide bonds. The number of benzene rings is 1. The molecule has 24 heavy (non-hydrogen) atoms. The summed E-state index contributed by atoms with van der Waals surface area (Å²) in [6, 6.07) is 5.39. The number of halogens is 2. The molecule has 0 heterocycles. The molecular formula is C17H24BrClN2O3. The highest BCUT2D eigenvalue weighted by molar-refractivity contribution is 9.10. The van der Waals surface area contributed by atoms with Crippen LogP contribution in [0.4, 0.5) is 0 Å². The van der Waals surface area contributed by atoms with Crippen LogP contribution >= 0.6 is 27.5 Å². The van der Waals surface area contributed by atoms with E-state index in [2.05, 4.69) is 26.6 Å². The van der Waals surface area contributed by atoms with Gasteiger partial charge in [0.15, 0.2) is 0 Å². The molecule has 5 nitrogen and oxygen atoms in total. The van der Waals surface area contributed by atoms with Gasteiger partial charge in [-0.05, 0) is 24.6 Å². The molecule has 0 aliphatic heterocycles. The normalized spacial score (nSPS) is 11.0. The second kappa shape index (κ2) is 9.89. The molecule has 0 radical (unpaired) electrons. The summed E-state index contributed by atoms with van der Waals surface area (Å²) in [5.41, 5.74) is -0.421. The molecule has 0 saturated heterocycles. The lowest BCUT2D eigenvalue weighted by Gasteiger charge is -2.17. The number of ether oxygens (including phenoxy) is 1. The van der Waals surface area contributed by atoms with Crippen molar-refractivity contribution in [2.75, 3.05) is 19.7 Å². The Hall–Kier alpha value is -1.27. The summed E-state index contributed by atoms with van der Waals surface area (Å²) in [5.74, 6) is 0.507. The van der Waals surface area contributed by atoms with Gasteiger partial charge in [-0.25, -0.2) is 0 Å². The zero-order valence-corrected chi connectivity index (χ0v) is 16.6. The summed E-state index contributed by atoms with van der Waals surface area (Å²) < 4.78 is 6.43. The predicted molar refractivity (Wildman–Crippen MR) is 99.4 cm³/mol. The van der Waals surface area contributed by atoms with Gasteiger partial charge < -0.3 is 15.4 Å². The lowest BCUT2D eigenvalue weighted by atomic mass is 9.96. The van der Waals surface area contributed by atoms with Gasteiger partial charge in [0, 0.05) is 29.4 Å². The van der Waals surface area contributed by atoms with Crippen LogP contribution in [0, 0.1) is 5.41 Å². The van der Waals surface area contributed by atoms with Gasteiger partial charge in [0.1, 0.15) is 5.75 Å². The Morgan fingerprint density at radius 3 is 2.50 bits per heavy atom. The predicted octanol–water partition coefficient (Wildman–Crippen LogP) is 3.54. The van der Waals surface area contributed by atoms with Gasteiger partial charge in [-0.15, -0.1) is 0 Å². The van der Waals surface area contributed by atoms with E-state index in [4.69, 9.17) is 16.3 Å². The van der Waals surface area contributed by atoms with Gasteiger partial charge in [-0.3, -0.25) is 9.59 Å². The van der Waals surface area contributed by atoms with Gasteiger partial charge in [0.05, 0.1) is 11.6 Å². The van der Waals surface area contributed by atoms with Crippen molar-refractivity contribution in [3.63, 3.8) is 0 Å². The van der Waals surface area contributed by atoms with Crippen molar-refractivity contribution in [1.29, 1.82) is 0 Å². The lowest BCUT2D eigenvalue weighted by Crippen LogP contribution is -2.39. The molecule has 7 heteroatoms. The Morgan fingerprint density at radius 2 is 1.88 bits per heavy atom. The molecule has 1 aromatic rings. The number of carbonyl (C=O) groups excluding carboxylic acids is 2. The Bertz CT molecular complexity index is 573. The Morgan fingerprint density at radius 1 is 1.21 bits per heavy atom. The van der Waals surface area contributed by atoms with Gasteiger partial charge in [0.25, 0.3) is 0 Å². The number of hydrogen-bond acceptors (Lipinski definition) is 3. The maximum atomic E-state index is 11.7. The van der Waals surface area contributed by atoms with Crippen LogP contribution in [0.15, 0.2) is 22.7 Å². The van der Waals surface area contributed by atoms with Crippen LogP contribution in [-0.4, -0.2) is 31.5 Å². The summed E-state index contributed by atoms with van der Waals surface area (Å²) in [6.07, 6.45) is 0.952. The van der Waals surface area contributed by atoms with Gasteiger partial charge in [-0.2, -0.15) is 0 Å². The fraction of sp³-hybridized carbons (Fsp3) is 0.529. The van der Waals surface area contributed by atoms with Crippen LogP contribution < -0.4 is 15.4 Å². The first-order valence-electron chi connectivity index (χ1n) is 7.83. The van der Waals surface area contributed by atoms with E-state index in [1.807, 2.05) is 26.8 Å². The molecule has 0 aromatic heterocycles. The summed E-state index contributed by atoms with van der Waals surface area (Å²) in [7, 11) is 0. The molecule has 0 spiro atoms. The molecule has 0 unspecified atom stereocenters. The largest absolute Gasteiger partial charge is 0.492 e. The second-order valence-corrected chi connectivity index (χ2v) is 7.71. The Labute approximate surface area is 156 Å². The third kappa shape index (κ3) is 8.02. The summed E-state index contributed by atoms with van der Waals surface area (Å²) >= 11 is 9.37. The quantitative estimate of drug-likeness (QED) is 0.633. The van der Waals surface area contributed by atoms with Crippen molar-refractivity contribution < 1.29 is 14.3 Å². The molecule has 134 valence electrons. The van der Waals surface area contributed by atoms with E-state index >= 15 is 0 Å². The highest BCUT2D eigenvalue weighted by Gasteiger charge is 2.20. The van der Waals surface area contributed by atoms with Crippen molar-refractivity contribution in [3.05, 3.63) is 27.7 Å². The third-order valence-electron chi connectivity index (χ3n) is 3.11. The number of amides is 2. The van der Waals surface area contributed by atoms with Crippen LogP contribution in [-0.2, 0) is 9.59 Å². The first-order valence-corrected chi connectivity index (χ1v) is 9.00. The van der Waals surface area contributed by atoms with Crippen LogP contribution in [0.2, 0.25) is 5.02 Å². The van der Waals surface area contributed by atoms with Crippen molar-refractivity contribution >= 4 is 39.3 Å². The molecular weight excluding hydrogens is 396 g/mol. The van der Waals surface area contributed by atoms with Crippen LogP contribution in [0.1, 0.15) is 33.6 Å². The average molecular weight is 420 g/mol. The lowest BCUT2D eigenvalue weighted by molar-refractivity contribution is -0.128. The Balaban J connectivity index is 2.13. The minimum atomic E-state index is -0.421. The van der Waals surface area contributed by atoms with E-state index in [1.165, 1.54) is 0 Å². The topological polar surface area (TPSA) is 67.4 Å². The van der Waals surface area contributed by atoms with E-state index in [0.717, 1.165) is 4.47 Å². The summed E-state index contributed by atoms with van der Waals surface area (Å²) in [4.78, 5) is 23.3. The van der Waals surface area contributed by atoms with Crippen LogP contribution in [0.25, 0.3) is 0 Å². The van der Waals surface area contributed by atoms with Crippen molar-refractivity contribution in [2.45, 2.75) is 33.6 Å². The van der Waals surface area contributed by atoms with E-state index in [9.17, 15) is 9.59 Å². The number of hydrogen-bond donors (Lipinski definition) is 2. The van der Waals surface area contributed by atoms with E-state index in [0.29, 0.717) is 43.3 Å². The molecule has 1 rings (SSSR count). The molecule has 0 bridgehead atoms. The second-order valence-electron chi connectivity index (χ2n) is 6.38. The number of carbonyl (C=O) groups is 2. The molecule has 0 atom stereocenters. The Kier molecular flexibility index (Phi) is 8.56. The maximum absolute atomic E-state index is 11.7. The van der Waals surface area contributed by atoms with Gasteiger partial charge in [-0.1, -0.05) is 48.3 Å². The number of nitrogens with one attached hydrogen (secondary N) is 2. The molecule has 0 saturated carbocycles. The van der Waals surface area contributed by atoms with Crippen molar-refractivity contribution in [1.82, 2.24) is 10.6 Å². The maximum Gasteiger partial charge on any atom is 0.225 e. The smallest absolute Gasteiger partial charge is 0.225 e. The van der Waals surface area contributed by atoms with Gasteiger partial charge >= 0.3 is 0 Å².